The molecule has 1 aromatic carbocycles. The fourth-order valence-electron chi connectivity index (χ4n) is 3.22. The Morgan fingerprint density at radius 2 is 2.00 bits per heavy atom. The highest BCUT2D eigenvalue weighted by Crippen LogP contribution is 2.32. The van der Waals surface area contributed by atoms with Gasteiger partial charge in [-0.2, -0.15) is 0 Å². The number of rotatable bonds is 3. The SMILES string of the molecule is CC(C)(CCl)C(=O)N1CCC(c2cc3cc(Cl)ccc3[nH]2)CC1. The van der Waals surface area contributed by atoms with Crippen molar-refractivity contribution in [2.24, 2.45) is 5.41 Å². The lowest BCUT2D eigenvalue weighted by Gasteiger charge is -2.36. The number of nitrogens with one attached hydrogen (secondary N) is 1. The normalized spacial score (nSPS) is 17.0. The molecule has 1 fully saturated rings. The number of aromatic amines is 1. The summed E-state index contributed by atoms with van der Waals surface area (Å²) in [5.41, 5.74) is 1.88. The van der Waals surface area contributed by atoms with Gasteiger partial charge in [0.1, 0.15) is 0 Å². The van der Waals surface area contributed by atoms with E-state index in [1.807, 2.05) is 36.9 Å². The fraction of sp³-hybridized carbons (Fsp3) is 0.500. The lowest BCUT2D eigenvalue weighted by molar-refractivity contribution is -0.140. The van der Waals surface area contributed by atoms with E-state index in [0.717, 1.165) is 41.9 Å². The number of carbonyl (C=O) groups is 1. The Bertz CT molecular complexity index is 715. The van der Waals surface area contributed by atoms with Crippen molar-refractivity contribution in [1.29, 1.82) is 0 Å². The molecular formula is C18H22Cl2N2O. The molecule has 0 unspecified atom stereocenters. The van der Waals surface area contributed by atoms with Crippen molar-refractivity contribution in [2.75, 3.05) is 19.0 Å². The van der Waals surface area contributed by atoms with Gasteiger partial charge in [-0.15, -0.1) is 11.6 Å². The van der Waals surface area contributed by atoms with E-state index in [4.69, 9.17) is 23.2 Å². The molecule has 0 bridgehead atoms. The fourth-order valence-corrected chi connectivity index (χ4v) is 3.52. The van der Waals surface area contributed by atoms with Gasteiger partial charge in [0.15, 0.2) is 0 Å². The number of aromatic nitrogens is 1. The zero-order valence-electron chi connectivity index (χ0n) is 13.5. The highest BCUT2D eigenvalue weighted by atomic mass is 35.5. The first-order valence-electron chi connectivity index (χ1n) is 8.04. The van der Waals surface area contributed by atoms with Crippen LogP contribution in [0.1, 0.15) is 38.3 Å². The third-order valence-electron chi connectivity index (χ3n) is 4.74. The summed E-state index contributed by atoms with van der Waals surface area (Å²) >= 11 is 12.0. The quantitative estimate of drug-likeness (QED) is 0.791. The Morgan fingerprint density at radius 3 is 2.65 bits per heavy atom. The number of piperidine rings is 1. The standard InChI is InChI=1S/C18H22Cl2N2O/c1-18(2,11-19)17(23)22-7-5-12(6-8-22)16-10-13-9-14(20)3-4-15(13)21-16/h3-4,9-10,12,21H,5-8,11H2,1-2H3. The number of carbonyl (C=O) groups excluding carboxylic acids is 1. The molecule has 1 aliphatic heterocycles. The monoisotopic (exact) mass is 352 g/mol. The molecular weight excluding hydrogens is 331 g/mol. The second-order valence-corrected chi connectivity index (χ2v) is 7.74. The van der Waals surface area contributed by atoms with E-state index < -0.39 is 5.41 Å². The number of hydrogen-bond donors (Lipinski definition) is 1. The summed E-state index contributed by atoms with van der Waals surface area (Å²) in [5, 5.41) is 1.90. The van der Waals surface area contributed by atoms with Crippen LogP contribution in [0.25, 0.3) is 10.9 Å². The Balaban J connectivity index is 1.69. The zero-order chi connectivity index (χ0) is 16.6. The van der Waals surface area contributed by atoms with Crippen molar-refractivity contribution < 1.29 is 4.79 Å². The minimum absolute atomic E-state index is 0.161. The third kappa shape index (κ3) is 3.36. The van der Waals surface area contributed by atoms with Crippen molar-refractivity contribution in [1.82, 2.24) is 9.88 Å². The van der Waals surface area contributed by atoms with Crippen molar-refractivity contribution >= 4 is 40.0 Å². The summed E-state index contributed by atoms with van der Waals surface area (Å²) in [7, 11) is 0. The number of hydrogen-bond acceptors (Lipinski definition) is 1. The van der Waals surface area contributed by atoms with Crippen molar-refractivity contribution in [3.05, 3.63) is 35.0 Å². The zero-order valence-corrected chi connectivity index (χ0v) is 15.0. The molecule has 1 aliphatic rings. The molecule has 0 atom stereocenters. The molecule has 2 heterocycles. The van der Waals surface area contributed by atoms with Gasteiger partial charge >= 0.3 is 0 Å². The summed E-state index contributed by atoms with van der Waals surface area (Å²) in [6, 6.07) is 8.09. The number of halogens is 2. The van der Waals surface area contributed by atoms with Crippen LogP contribution in [0.2, 0.25) is 5.02 Å². The van der Waals surface area contributed by atoms with Gasteiger partial charge in [-0.25, -0.2) is 0 Å². The summed E-state index contributed by atoms with van der Waals surface area (Å²) in [4.78, 5) is 17.9. The van der Waals surface area contributed by atoms with Crippen molar-refractivity contribution in [2.45, 2.75) is 32.6 Å². The molecule has 1 amide bonds. The number of amides is 1. The molecule has 3 nitrogen and oxygen atoms in total. The maximum Gasteiger partial charge on any atom is 0.229 e. The van der Waals surface area contributed by atoms with Crippen molar-refractivity contribution in [3.8, 4) is 0 Å². The lowest BCUT2D eigenvalue weighted by Crippen LogP contribution is -2.45. The Hall–Kier alpha value is -1.19. The maximum absolute atomic E-state index is 12.5. The van der Waals surface area contributed by atoms with Crippen LogP contribution in [0.15, 0.2) is 24.3 Å². The van der Waals surface area contributed by atoms with Crippen molar-refractivity contribution in [3.63, 3.8) is 0 Å². The predicted molar refractivity (Wildman–Crippen MR) is 96.4 cm³/mol. The van der Waals surface area contributed by atoms with Gasteiger partial charge in [0.25, 0.3) is 0 Å². The largest absolute Gasteiger partial charge is 0.358 e. The molecule has 0 aliphatic carbocycles. The molecule has 1 saturated heterocycles. The molecule has 0 radical (unpaired) electrons. The molecule has 1 N–H and O–H groups in total. The van der Waals surface area contributed by atoms with E-state index in [1.54, 1.807) is 0 Å². The topological polar surface area (TPSA) is 36.1 Å². The number of nitrogens with zero attached hydrogens (tertiary/aromatic N) is 1. The average molecular weight is 353 g/mol. The second-order valence-electron chi connectivity index (χ2n) is 7.04. The first kappa shape index (κ1) is 16.7. The first-order valence-corrected chi connectivity index (χ1v) is 8.95. The highest BCUT2D eigenvalue weighted by molar-refractivity contribution is 6.31. The average Bonchev–Trinajstić information content (AvgIpc) is 2.97. The van der Waals surface area contributed by atoms with Crippen LogP contribution in [0.3, 0.4) is 0 Å². The van der Waals surface area contributed by atoms with E-state index in [1.165, 1.54) is 5.69 Å². The second kappa shape index (κ2) is 6.37. The Morgan fingerprint density at radius 1 is 1.30 bits per heavy atom. The first-order chi connectivity index (χ1) is 10.9. The summed E-state index contributed by atoms with van der Waals surface area (Å²) in [6.07, 6.45) is 1.95. The third-order valence-corrected chi connectivity index (χ3v) is 5.64. The van der Waals surface area contributed by atoms with Crippen LogP contribution in [0.4, 0.5) is 0 Å². The van der Waals surface area contributed by atoms with Gasteiger partial charge in [-0.05, 0) is 51.0 Å². The molecule has 124 valence electrons. The van der Waals surface area contributed by atoms with E-state index in [-0.39, 0.29) is 5.91 Å². The van der Waals surface area contributed by atoms with Crippen LogP contribution in [-0.4, -0.2) is 34.8 Å². The minimum atomic E-state index is -0.480. The van der Waals surface area contributed by atoms with Gasteiger partial charge < -0.3 is 9.88 Å². The molecule has 5 heteroatoms. The van der Waals surface area contributed by atoms with Crippen LogP contribution in [-0.2, 0) is 4.79 Å². The lowest BCUT2D eigenvalue weighted by atomic mass is 9.89. The summed E-state index contributed by atoms with van der Waals surface area (Å²) < 4.78 is 0. The van der Waals surface area contributed by atoms with Gasteiger partial charge in [-0.1, -0.05) is 11.6 Å². The molecule has 0 saturated carbocycles. The number of benzene rings is 1. The van der Waals surface area contributed by atoms with Gasteiger partial charge in [-0.3, -0.25) is 4.79 Å². The maximum atomic E-state index is 12.5. The van der Waals surface area contributed by atoms with E-state index in [2.05, 4.69) is 11.1 Å². The molecule has 2 aromatic rings. The predicted octanol–water partition coefficient (Wildman–Crippen LogP) is 4.79. The van der Waals surface area contributed by atoms with E-state index in [9.17, 15) is 4.79 Å². The summed E-state index contributed by atoms with van der Waals surface area (Å²) in [6.45, 7) is 5.41. The molecule has 3 rings (SSSR count). The minimum Gasteiger partial charge on any atom is -0.358 e. The molecule has 0 spiro atoms. The number of fused-ring (bicyclic) bond motifs is 1. The van der Waals surface area contributed by atoms with Gasteiger partial charge in [0.05, 0.1) is 5.41 Å². The number of likely N-dealkylation sites (tertiary alicyclic amines) is 1. The number of alkyl halides is 1. The summed E-state index contributed by atoms with van der Waals surface area (Å²) in [5.74, 6) is 0.980. The molecule has 1 aromatic heterocycles. The number of H-pyrrole nitrogens is 1. The van der Waals surface area contributed by atoms with Crippen LogP contribution >= 0.6 is 23.2 Å². The molecule has 23 heavy (non-hydrogen) atoms. The Labute approximate surface area is 146 Å². The van der Waals surface area contributed by atoms with Gasteiger partial charge in [0.2, 0.25) is 5.91 Å². The van der Waals surface area contributed by atoms with Crippen LogP contribution < -0.4 is 0 Å². The van der Waals surface area contributed by atoms with Crippen LogP contribution in [0.5, 0.6) is 0 Å². The van der Waals surface area contributed by atoms with E-state index >= 15 is 0 Å². The van der Waals surface area contributed by atoms with E-state index in [0.29, 0.717) is 11.8 Å². The van der Waals surface area contributed by atoms with Gasteiger partial charge in [0, 0.05) is 46.5 Å². The highest BCUT2D eigenvalue weighted by Gasteiger charge is 2.33. The smallest absolute Gasteiger partial charge is 0.229 e. The van der Waals surface area contributed by atoms with Crippen LogP contribution in [0, 0.1) is 5.41 Å². The Kier molecular flexibility index (Phi) is 4.61.